The molecule has 1 saturated heterocycles. The lowest BCUT2D eigenvalue weighted by Crippen LogP contribution is -2.37. The molecule has 3 heteroatoms. The van der Waals surface area contributed by atoms with Crippen LogP contribution < -0.4 is 0 Å². The van der Waals surface area contributed by atoms with Crippen LogP contribution in [0, 0.1) is 5.92 Å². The second kappa shape index (κ2) is 6.44. The van der Waals surface area contributed by atoms with E-state index in [0.29, 0.717) is 12.3 Å². The molecule has 0 saturated carbocycles. The van der Waals surface area contributed by atoms with Crippen molar-refractivity contribution in [2.75, 3.05) is 19.6 Å². The van der Waals surface area contributed by atoms with Crippen molar-refractivity contribution in [3.8, 4) is 0 Å². The van der Waals surface area contributed by atoms with Crippen LogP contribution in [0.4, 0.5) is 0 Å². The van der Waals surface area contributed by atoms with E-state index >= 15 is 0 Å². The topological polar surface area (TPSA) is 33.5 Å². The van der Waals surface area contributed by atoms with Gasteiger partial charge in [0.05, 0.1) is 6.54 Å². The summed E-state index contributed by atoms with van der Waals surface area (Å²) in [5, 5.41) is 1.00. The normalized spacial score (nSPS) is 17.4. The number of piperidine rings is 1. The van der Waals surface area contributed by atoms with Crippen molar-refractivity contribution in [3.63, 3.8) is 0 Å². The van der Waals surface area contributed by atoms with Gasteiger partial charge in [-0.15, -0.1) is 0 Å². The zero-order valence-corrected chi connectivity index (χ0v) is 12.7. The van der Waals surface area contributed by atoms with Gasteiger partial charge in [0.25, 0.3) is 0 Å². The molecule has 1 aliphatic heterocycles. The predicted octanol–water partition coefficient (Wildman–Crippen LogP) is 4.13. The van der Waals surface area contributed by atoms with Crippen LogP contribution in [0.5, 0.6) is 0 Å². The molecule has 3 rings (SSSR count). The Morgan fingerprint density at radius 3 is 2.76 bits per heavy atom. The number of para-hydroxylation sites is 1. The Morgan fingerprint density at radius 2 is 2.05 bits per heavy atom. The first-order chi connectivity index (χ1) is 10.3. The van der Waals surface area contributed by atoms with E-state index in [4.69, 9.17) is 4.42 Å². The van der Waals surface area contributed by atoms with Gasteiger partial charge in [0, 0.05) is 5.39 Å². The predicted molar refractivity (Wildman–Crippen MR) is 84.6 cm³/mol. The number of hydrogen-bond donors (Lipinski definition) is 0. The fraction of sp³-hybridized carbons (Fsp3) is 0.500. The molecule has 1 fully saturated rings. The van der Waals surface area contributed by atoms with Crippen LogP contribution in [0.25, 0.3) is 11.0 Å². The molecule has 21 heavy (non-hydrogen) atoms. The summed E-state index contributed by atoms with van der Waals surface area (Å²) in [6, 6.07) is 9.64. The van der Waals surface area contributed by atoms with E-state index in [2.05, 4.69) is 11.8 Å². The Bertz CT molecular complexity index is 575. The number of hydrogen-bond acceptors (Lipinski definition) is 3. The molecule has 0 atom stereocenters. The number of benzene rings is 1. The number of fused-ring (bicyclic) bond motifs is 1. The highest BCUT2D eigenvalue weighted by Crippen LogP contribution is 2.23. The van der Waals surface area contributed by atoms with E-state index in [9.17, 15) is 4.79 Å². The highest BCUT2D eigenvalue weighted by atomic mass is 16.3. The highest BCUT2D eigenvalue weighted by molar-refractivity contribution is 5.98. The van der Waals surface area contributed by atoms with Gasteiger partial charge in [-0.05, 0) is 44.0 Å². The molecule has 0 spiro atoms. The molecule has 1 aromatic carbocycles. The minimum atomic E-state index is 0.0974. The molecular formula is C18H23NO2. The van der Waals surface area contributed by atoms with Crippen molar-refractivity contribution in [3.05, 3.63) is 36.1 Å². The quantitative estimate of drug-likeness (QED) is 0.775. The van der Waals surface area contributed by atoms with Gasteiger partial charge in [-0.2, -0.15) is 0 Å². The second-order valence-electron chi connectivity index (χ2n) is 6.08. The average Bonchev–Trinajstić information content (AvgIpc) is 2.94. The third-order valence-corrected chi connectivity index (χ3v) is 4.47. The van der Waals surface area contributed by atoms with E-state index in [-0.39, 0.29) is 5.78 Å². The van der Waals surface area contributed by atoms with Gasteiger partial charge < -0.3 is 4.42 Å². The first-order valence-corrected chi connectivity index (χ1v) is 8.00. The second-order valence-corrected chi connectivity index (χ2v) is 6.08. The van der Waals surface area contributed by atoms with E-state index in [1.54, 1.807) is 0 Å². The van der Waals surface area contributed by atoms with Gasteiger partial charge in [0.2, 0.25) is 5.78 Å². The number of ketones is 1. The third-order valence-electron chi connectivity index (χ3n) is 4.47. The first-order valence-electron chi connectivity index (χ1n) is 8.00. The number of nitrogens with zero attached hydrogens (tertiary/aromatic N) is 1. The van der Waals surface area contributed by atoms with E-state index < -0.39 is 0 Å². The zero-order valence-electron chi connectivity index (χ0n) is 12.7. The molecule has 112 valence electrons. The zero-order chi connectivity index (χ0) is 14.7. The van der Waals surface area contributed by atoms with Gasteiger partial charge in [0.15, 0.2) is 5.76 Å². The van der Waals surface area contributed by atoms with Crippen molar-refractivity contribution < 1.29 is 9.21 Å². The third kappa shape index (κ3) is 3.35. The van der Waals surface area contributed by atoms with Gasteiger partial charge in [-0.1, -0.05) is 38.0 Å². The standard InChI is InChI=1S/C18H23NO2/c1-2-5-14-8-10-19(11-9-14)13-16(20)18-12-15-6-3-4-7-17(15)21-18/h3-4,6-7,12,14H,2,5,8-11,13H2,1H3. The Hall–Kier alpha value is -1.61. The summed E-state index contributed by atoms with van der Waals surface area (Å²) >= 11 is 0. The highest BCUT2D eigenvalue weighted by Gasteiger charge is 2.22. The lowest BCUT2D eigenvalue weighted by molar-refractivity contribution is 0.0868. The fourth-order valence-electron chi connectivity index (χ4n) is 3.24. The summed E-state index contributed by atoms with van der Waals surface area (Å²) in [5.41, 5.74) is 0.794. The van der Waals surface area contributed by atoms with Crippen LogP contribution in [0.2, 0.25) is 0 Å². The number of Topliss-reactive ketones (excluding diaryl/α,β-unsaturated/α-hetero) is 1. The molecular weight excluding hydrogens is 262 g/mol. The van der Waals surface area contributed by atoms with Gasteiger partial charge in [-0.25, -0.2) is 0 Å². The number of carbonyl (C=O) groups is 1. The maximum absolute atomic E-state index is 12.4. The van der Waals surface area contributed by atoms with Gasteiger partial charge in [0.1, 0.15) is 5.58 Å². The van der Waals surface area contributed by atoms with Crippen LogP contribution in [-0.4, -0.2) is 30.3 Å². The largest absolute Gasteiger partial charge is 0.453 e. The molecule has 0 radical (unpaired) electrons. The SMILES string of the molecule is CCCC1CCN(CC(=O)c2cc3ccccc3o2)CC1. The van der Waals surface area contributed by atoms with Crippen LogP contribution in [0.1, 0.15) is 43.2 Å². The van der Waals surface area contributed by atoms with Gasteiger partial charge in [-0.3, -0.25) is 9.69 Å². The van der Waals surface area contributed by atoms with Crippen LogP contribution in [-0.2, 0) is 0 Å². The average molecular weight is 285 g/mol. The maximum Gasteiger partial charge on any atom is 0.211 e. The van der Waals surface area contributed by atoms with Crippen LogP contribution >= 0.6 is 0 Å². The van der Waals surface area contributed by atoms with Crippen LogP contribution in [0.3, 0.4) is 0 Å². The number of likely N-dealkylation sites (tertiary alicyclic amines) is 1. The molecule has 0 bridgehead atoms. The number of rotatable bonds is 5. The van der Waals surface area contributed by atoms with Crippen LogP contribution in [0.15, 0.2) is 34.7 Å². The Kier molecular flexibility index (Phi) is 4.39. The molecule has 2 aromatic rings. The monoisotopic (exact) mass is 285 g/mol. The minimum absolute atomic E-state index is 0.0974. The lowest BCUT2D eigenvalue weighted by atomic mass is 9.92. The van der Waals surface area contributed by atoms with E-state index in [1.165, 1.54) is 25.7 Å². The fourth-order valence-corrected chi connectivity index (χ4v) is 3.24. The van der Waals surface area contributed by atoms with Gasteiger partial charge >= 0.3 is 0 Å². The van der Waals surface area contributed by atoms with Crippen molar-refractivity contribution in [2.24, 2.45) is 5.92 Å². The van der Waals surface area contributed by atoms with Crippen molar-refractivity contribution in [1.82, 2.24) is 4.90 Å². The summed E-state index contributed by atoms with van der Waals surface area (Å²) in [7, 11) is 0. The first kappa shape index (κ1) is 14.3. The molecule has 0 unspecified atom stereocenters. The van der Waals surface area contributed by atoms with E-state index in [1.807, 2.05) is 30.3 Å². The molecule has 0 aliphatic carbocycles. The molecule has 0 N–H and O–H groups in total. The Labute approximate surface area is 125 Å². The maximum atomic E-state index is 12.4. The summed E-state index contributed by atoms with van der Waals surface area (Å²) < 4.78 is 5.65. The molecule has 1 aliphatic rings. The summed E-state index contributed by atoms with van der Waals surface area (Å²) in [5.74, 6) is 1.44. The van der Waals surface area contributed by atoms with Crippen molar-refractivity contribution in [1.29, 1.82) is 0 Å². The molecule has 2 heterocycles. The van der Waals surface area contributed by atoms with E-state index in [0.717, 1.165) is 30.0 Å². The lowest BCUT2D eigenvalue weighted by Gasteiger charge is -2.31. The van der Waals surface area contributed by atoms with Crippen molar-refractivity contribution >= 4 is 16.8 Å². The van der Waals surface area contributed by atoms with Crippen molar-refractivity contribution in [2.45, 2.75) is 32.6 Å². The summed E-state index contributed by atoms with van der Waals surface area (Å²) in [4.78, 5) is 14.6. The molecule has 1 aromatic heterocycles. The summed E-state index contributed by atoms with van der Waals surface area (Å²) in [6.07, 6.45) is 5.04. The minimum Gasteiger partial charge on any atom is -0.453 e. The molecule has 0 amide bonds. The Balaban J connectivity index is 1.59. The Morgan fingerprint density at radius 1 is 1.29 bits per heavy atom. The summed E-state index contributed by atoms with van der Waals surface area (Å²) in [6.45, 7) is 4.81. The number of carbonyl (C=O) groups excluding carboxylic acids is 1. The number of furan rings is 1. The molecule has 3 nitrogen and oxygen atoms in total. The smallest absolute Gasteiger partial charge is 0.211 e.